The molecule has 1 aromatic heterocycles. The highest BCUT2D eigenvalue weighted by atomic mass is 16.5. The van der Waals surface area contributed by atoms with Crippen LogP contribution in [0, 0.1) is 0 Å². The SMILES string of the molecule is COc1cccc(CNC(=O)C(=O)NC[C@](C)(O)c2ccco2)c1. The van der Waals surface area contributed by atoms with Gasteiger partial charge in [-0.2, -0.15) is 0 Å². The average Bonchev–Trinajstić information content (AvgIpc) is 3.13. The van der Waals surface area contributed by atoms with E-state index in [1.54, 1.807) is 37.4 Å². The fourth-order valence-electron chi connectivity index (χ4n) is 2.05. The summed E-state index contributed by atoms with van der Waals surface area (Å²) in [6, 6.07) is 10.4. The molecular formula is C17H20N2O5. The summed E-state index contributed by atoms with van der Waals surface area (Å²) in [6.45, 7) is 1.53. The highest BCUT2D eigenvalue weighted by Crippen LogP contribution is 2.19. The monoisotopic (exact) mass is 332 g/mol. The normalized spacial score (nSPS) is 13.0. The van der Waals surface area contributed by atoms with E-state index in [-0.39, 0.29) is 13.1 Å². The van der Waals surface area contributed by atoms with Crippen LogP contribution in [0.1, 0.15) is 18.2 Å². The van der Waals surface area contributed by atoms with Crippen LogP contribution >= 0.6 is 0 Å². The van der Waals surface area contributed by atoms with Crippen LogP contribution in [-0.2, 0) is 21.7 Å². The van der Waals surface area contributed by atoms with Gasteiger partial charge in [0.1, 0.15) is 17.1 Å². The van der Waals surface area contributed by atoms with E-state index in [9.17, 15) is 14.7 Å². The number of carbonyl (C=O) groups excluding carboxylic acids is 2. The summed E-state index contributed by atoms with van der Waals surface area (Å²) in [7, 11) is 1.55. The lowest BCUT2D eigenvalue weighted by Gasteiger charge is -2.20. The van der Waals surface area contributed by atoms with Gasteiger partial charge in [-0.3, -0.25) is 9.59 Å². The van der Waals surface area contributed by atoms with Gasteiger partial charge in [-0.1, -0.05) is 12.1 Å². The van der Waals surface area contributed by atoms with Crippen LogP contribution < -0.4 is 15.4 Å². The maximum atomic E-state index is 11.8. The molecule has 7 heteroatoms. The molecule has 0 spiro atoms. The van der Waals surface area contributed by atoms with Gasteiger partial charge in [-0.15, -0.1) is 0 Å². The molecule has 1 aromatic carbocycles. The van der Waals surface area contributed by atoms with Crippen LogP contribution in [0.2, 0.25) is 0 Å². The van der Waals surface area contributed by atoms with Gasteiger partial charge in [-0.25, -0.2) is 0 Å². The number of aliphatic hydroxyl groups is 1. The summed E-state index contributed by atoms with van der Waals surface area (Å²) in [6.07, 6.45) is 1.42. The molecule has 7 nitrogen and oxygen atoms in total. The Balaban J connectivity index is 1.83. The average molecular weight is 332 g/mol. The van der Waals surface area contributed by atoms with Crippen LogP contribution in [0.3, 0.4) is 0 Å². The maximum Gasteiger partial charge on any atom is 0.309 e. The molecule has 1 atom stereocenters. The van der Waals surface area contributed by atoms with Crippen molar-refractivity contribution in [1.29, 1.82) is 0 Å². The third kappa shape index (κ3) is 4.60. The van der Waals surface area contributed by atoms with Crippen molar-refractivity contribution < 1.29 is 23.8 Å². The van der Waals surface area contributed by atoms with Crippen molar-refractivity contribution in [3.8, 4) is 5.75 Å². The number of amides is 2. The van der Waals surface area contributed by atoms with Crippen LogP contribution in [0.5, 0.6) is 5.75 Å². The number of nitrogens with one attached hydrogen (secondary N) is 2. The zero-order valence-electron chi connectivity index (χ0n) is 13.5. The minimum atomic E-state index is -1.40. The smallest absolute Gasteiger partial charge is 0.309 e. The van der Waals surface area contributed by atoms with E-state index in [0.29, 0.717) is 11.5 Å². The van der Waals surface area contributed by atoms with E-state index in [0.717, 1.165) is 5.56 Å². The molecule has 0 bridgehead atoms. The predicted octanol–water partition coefficient (Wildman–Crippen LogP) is 0.928. The van der Waals surface area contributed by atoms with Gasteiger partial charge in [0.15, 0.2) is 0 Å². The van der Waals surface area contributed by atoms with Crippen LogP contribution in [-0.4, -0.2) is 30.6 Å². The molecule has 2 amide bonds. The van der Waals surface area contributed by atoms with Crippen LogP contribution in [0.4, 0.5) is 0 Å². The summed E-state index contributed by atoms with van der Waals surface area (Å²) < 4.78 is 10.2. The Bertz CT molecular complexity index is 695. The first-order chi connectivity index (χ1) is 11.4. The number of methoxy groups -OCH3 is 1. The molecule has 2 aromatic rings. The summed E-state index contributed by atoms with van der Waals surface area (Å²) in [5, 5.41) is 15.1. The summed E-state index contributed by atoms with van der Waals surface area (Å²) in [5.41, 5.74) is -0.593. The van der Waals surface area contributed by atoms with Gasteiger partial charge in [0.2, 0.25) is 0 Å². The molecule has 3 N–H and O–H groups in total. The van der Waals surface area contributed by atoms with Crippen molar-refractivity contribution in [3.05, 3.63) is 54.0 Å². The Hall–Kier alpha value is -2.80. The van der Waals surface area contributed by atoms with Gasteiger partial charge >= 0.3 is 11.8 Å². The summed E-state index contributed by atoms with van der Waals surface area (Å²) in [4.78, 5) is 23.6. The van der Waals surface area contributed by atoms with Gasteiger partial charge in [0.25, 0.3) is 0 Å². The van der Waals surface area contributed by atoms with Crippen molar-refractivity contribution >= 4 is 11.8 Å². The second-order valence-electron chi connectivity index (χ2n) is 5.47. The van der Waals surface area contributed by atoms with E-state index < -0.39 is 17.4 Å². The quantitative estimate of drug-likeness (QED) is 0.683. The maximum absolute atomic E-state index is 11.8. The summed E-state index contributed by atoms with van der Waals surface area (Å²) >= 11 is 0. The molecule has 0 aliphatic heterocycles. The van der Waals surface area contributed by atoms with Crippen molar-refractivity contribution in [2.24, 2.45) is 0 Å². The van der Waals surface area contributed by atoms with Gasteiger partial charge in [0.05, 0.1) is 19.9 Å². The zero-order chi connectivity index (χ0) is 17.6. The molecule has 0 radical (unpaired) electrons. The molecule has 0 aliphatic rings. The molecule has 0 fully saturated rings. The van der Waals surface area contributed by atoms with Crippen LogP contribution in [0.25, 0.3) is 0 Å². The molecule has 0 saturated carbocycles. The standard InChI is InChI=1S/C17H20N2O5/c1-17(22,14-7-4-8-24-14)11-19-16(21)15(20)18-10-12-5-3-6-13(9-12)23-2/h3-9,22H,10-11H2,1-2H3,(H,18,20)(H,19,21)/t17-/m0/s1. The number of hydrogen-bond acceptors (Lipinski definition) is 5. The Kier molecular flexibility index (Phi) is 5.59. The molecule has 0 aliphatic carbocycles. The number of ether oxygens (including phenoxy) is 1. The molecular weight excluding hydrogens is 312 g/mol. The third-order valence-corrected chi connectivity index (χ3v) is 3.44. The summed E-state index contributed by atoms with van der Waals surface area (Å²) in [5.74, 6) is -0.641. The van der Waals surface area contributed by atoms with Gasteiger partial charge in [0, 0.05) is 6.54 Å². The fraction of sp³-hybridized carbons (Fsp3) is 0.294. The van der Waals surface area contributed by atoms with Crippen LogP contribution in [0.15, 0.2) is 47.1 Å². The van der Waals surface area contributed by atoms with Crippen molar-refractivity contribution in [2.45, 2.75) is 19.1 Å². The molecule has 0 unspecified atom stereocenters. The molecule has 1 heterocycles. The van der Waals surface area contributed by atoms with E-state index in [2.05, 4.69) is 10.6 Å². The Morgan fingerprint density at radius 3 is 2.62 bits per heavy atom. The first kappa shape index (κ1) is 17.6. The third-order valence-electron chi connectivity index (χ3n) is 3.44. The van der Waals surface area contributed by atoms with Crippen molar-refractivity contribution in [2.75, 3.05) is 13.7 Å². The Labute approximate surface area is 139 Å². The predicted molar refractivity (Wildman–Crippen MR) is 86.1 cm³/mol. The first-order valence-corrected chi connectivity index (χ1v) is 7.37. The number of carbonyl (C=O) groups is 2. The van der Waals surface area contributed by atoms with Crippen molar-refractivity contribution in [1.82, 2.24) is 10.6 Å². The topological polar surface area (TPSA) is 101 Å². The Morgan fingerprint density at radius 2 is 1.96 bits per heavy atom. The minimum absolute atomic E-state index is 0.147. The lowest BCUT2D eigenvalue weighted by atomic mass is 10.0. The highest BCUT2D eigenvalue weighted by Gasteiger charge is 2.27. The molecule has 2 rings (SSSR count). The largest absolute Gasteiger partial charge is 0.497 e. The van der Waals surface area contributed by atoms with Gasteiger partial charge in [-0.05, 0) is 36.8 Å². The van der Waals surface area contributed by atoms with E-state index in [4.69, 9.17) is 9.15 Å². The van der Waals surface area contributed by atoms with E-state index >= 15 is 0 Å². The molecule has 24 heavy (non-hydrogen) atoms. The number of hydrogen-bond donors (Lipinski definition) is 3. The van der Waals surface area contributed by atoms with E-state index in [1.807, 2.05) is 6.07 Å². The molecule has 128 valence electrons. The second kappa shape index (κ2) is 7.65. The van der Waals surface area contributed by atoms with E-state index in [1.165, 1.54) is 13.2 Å². The highest BCUT2D eigenvalue weighted by molar-refractivity contribution is 6.35. The van der Waals surface area contributed by atoms with Crippen molar-refractivity contribution in [3.63, 3.8) is 0 Å². The first-order valence-electron chi connectivity index (χ1n) is 7.37. The number of rotatable bonds is 6. The number of furan rings is 1. The van der Waals surface area contributed by atoms with Gasteiger partial charge < -0.3 is 24.9 Å². The second-order valence-corrected chi connectivity index (χ2v) is 5.47. The zero-order valence-corrected chi connectivity index (χ0v) is 13.5. The molecule has 0 saturated heterocycles. The fourth-order valence-corrected chi connectivity index (χ4v) is 2.05. The minimum Gasteiger partial charge on any atom is -0.497 e. The lowest BCUT2D eigenvalue weighted by molar-refractivity contribution is -0.140. The Morgan fingerprint density at radius 1 is 1.21 bits per heavy atom. The number of benzene rings is 1. The lowest BCUT2D eigenvalue weighted by Crippen LogP contribution is -2.45.